The molecule has 4 nitrogen and oxygen atoms in total. The molecule has 0 radical (unpaired) electrons. The zero-order valence-corrected chi connectivity index (χ0v) is 13.6. The number of nitrogens with zero attached hydrogens (tertiary/aromatic N) is 4. The zero-order valence-electron chi connectivity index (χ0n) is 12.8. The van der Waals surface area contributed by atoms with E-state index in [1.165, 1.54) is 29.2 Å². The van der Waals surface area contributed by atoms with Gasteiger partial charge in [-0.3, -0.25) is 9.88 Å². The molecule has 0 spiro atoms. The Morgan fingerprint density at radius 3 is 3.00 bits per heavy atom. The van der Waals surface area contributed by atoms with E-state index in [4.69, 9.17) is 4.98 Å². The highest BCUT2D eigenvalue weighted by atomic mass is 32.1. The summed E-state index contributed by atoms with van der Waals surface area (Å²) >= 11 is 1.78. The SMILES string of the molecule is c1cncc(-c2cnc3n2C[C@H]2CN(Cc4ccsc4)C[C@@H]32)c1. The normalized spacial score (nSPS) is 23.1. The Morgan fingerprint density at radius 1 is 1.17 bits per heavy atom. The molecule has 116 valence electrons. The lowest BCUT2D eigenvalue weighted by atomic mass is 9.99. The third-order valence-electron chi connectivity index (χ3n) is 5.10. The van der Waals surface area contributed by atoms with Crippen molar-refractivity contribution in [2.45, 2.75) is 19.0 Å². The van der Waals surface area contributed by atoms with Gasteiger partial charge in [-0.15, -0.1) is 0 Å². The molecule has 1 saturated heterocycles. The third-order valence-corrected chi connectivity index (χ3v) is 5.83. The van der Waals surface area contributed by atoms with Crippen molar-refractivity contribution in [3.05, 3.63) is 58.9 Å². The lowest BCUT2D eigenvalue weighted by Crippen LogP contribution is -2.22. The summed E-state index contributed by atoms with van der Waals surface area (Å²) < 4.78 is 2.41. The Hall–Kier alpha value is -1.98. The van der Waals surface area contributed by atoms with Gasteiger partial charge < -0.3 is 4.57 Å². The highest BCUT2D eigenvalue weighted by Gasteiger charge is 2.42. The molecule has 5 heteroatoms. The van der Waals surface area contributed by atoms with E-state index < -0.39 is 0 Å². The van der Waals surface area contributed by atoms with E-state index in [0.29, 0.717) is 11.8 Å². The van der Waals surface area contributed by atoms with Crippen LogP contribution in [0.25, 0.3) is 11.3 Å². The molecule has 0 bridgehead atoms. The molecule has 2 aliphatic rings. The van der Waals surface area contributed by atoms with Gasteiger partial charge in [0.15, 0.2) is 0 Å². The van der Waals surface area contributed by atoms with Crippen LogP contribution in [0.15, 0.2) is 47.5 Å². The molecule has 2 aliphatic heterocycles. The van der Waals surface area contributed by atoms with Gasteiger partial charge in [-0.1, -0.05) is 0 Å². The van der Waals surface area contributed by atoms with Gasteiger partial charge in [-0.05, 0) is 34.5 Å². The van der Waals surface area contributed by atoms with Gasteiger partial charge in [0, 0.05) is 56.0 Å². The molecule has 0 unspecified atom stereocenters. The molecular formula is C18H18N4S. The van der Waals surface area contributed by atoms with Gasteiger partial charge in [0.05, 0.1) is 11.9 Å². The van der Waals surface area contributed by atoms with E-state index in [0.717, 1.165) is 19.6 Å². The fourth-order valence-electron chi connectivity index (χ4n) is 4.07. The van der Waals surface area contributed by atoms with Crippen molar-refractivity contribution >= 4 is 11.3 Å². The van der Waals surface area contributed by atoms with Gasteiger partial charge in [0.2, 0.25) is 0 Å². The maximum Gasteiger partial charge on any atom is 0.113 e. The van der Waals surface area contributed by atoms with Crippen LogP contribution in [0, 0.1) is 5.92 Å². The predicted molar refractivity (Wildman–Crippen MR) is 91.3 cm³/mol. The minimum absolute atomic E-state index is 0.582. The van der Waals surface area contributed by atoms with Crippen molar-refractivity contribution < 1.29 is 0 Å². The average Bonchev–Trinajstić information content (AvgIpc) is 3.31. The Bertz CT molecular complexity index is 809. The summed E-state index contributed by atoms with van der Waals surface area (Å²) in [6.07, 6.45) is 5.77. The van der Waals surface area contributed by atoms with E-state index in [1.54, 1.807) is 11.3 Å². The molecule has 0 saturated carbocycles. The minimum atomic E-state index is 0.582. The molecular weight excluding hydrogens is 304 g/mol. The van der Waals surface area contributed by atoms with Gasteiger partial charge in [-0.2, -0.15) is 11.3 Å². The predicted octanol–water partition coefficient (Wildman–Crippen LogP) is 3.24. The monoisotopic (exact) mass is 322 g/mol. The Kier molecular flexibility index (Phi) is 3.09. The first-order valence-corrected chi connectivity index (χ1v) is 9.02. The molecule has 23 heavy (non-hydrogen) atoms. The van der Waals surface area contributed by atoms with Crippen molar-refractivity contribution in [1.29, 1.82) is 0 Å². The Labute approximate surface area is 139 Å². The van der Waals surface area contributed by atoms with Crippen molar-refractivity contribution in [3.8, 4) is 11.3 Å². The molecule has 5 heterocycles. The van der Waals surface area contributed by atoms with Gasteiger partial charge >= 0.3 is 0 Å². The van der Waals surface area contributed by atoms with Crippen LogP contribution in [0.1, 0.15) is 17.3 Å². The standard InChI is InChI=1S/C18H18N4S/c1-2-14(6-19-4-1)17-7-20-18-16-11-21(8-13-3-5-23-12-13)9-15(16)10-22(17)18/h1-7,12,15-16H,8-11H2/t15-,16-/m1/s1. The zero-order chi connectivity index (χ0) is 15.2. The highest BCUT2D eigenvalue weighted by Crippen LogP contribution is 2.41. The fraction of sp³-hybridized carbons (Fsp3) is 0.333. The van der Waals surface area contributed by atoms with Gasteiger partial charge in [0.25, 0.3) is 0 Å². The number of likely N-dealkylation sites (tertiary alicyclic amines) is 1. The lowest BCUT2D eigenvalue weighted by Gasteiger charge is -2.16. The topological polar surface area (TPSA) is 34.0 Å². The second-order valence-electron chi connectivity index (χ2n) is 6.55. The maximum absolute atomic E-state index is 4.76. The molecule has 0 aliphatic carbocycles. The smallest absolute Gasteiger partial charge is 0.113 e. The molecule has 0 aromatic carbocycles. The summed E-state index contributed by atoms with van der Waals surface area (Å²) in [5.74, 6) is 2.55. The van der Waals surface area contributed by atoms with Crippen LogP contribution in [0.2, 0.25) is 0 Å². The molecule has 2 atom stereocenters. The number of hydrogen-bond acceptors (Lipinski definition) is 4. The van der Waals surface area contributed by atoms with E-state index >= 15 is 0 Å². The van der Waals surface area contributed by atoms with E-state index in [-0.39, 0.29) is 0 Å². The molecule has 0 N–H and O–H groups in total. The third kappa shape index (κ3) is 2.23. The summed E-state index contributed by atoms with van der Waals surface area (Å²) in [4.78, 5) is 11.6. The first-order chi connectivity index (χ1) is 11.4. The van der Waals surface area contributed by atoms with Crippen LogP contribution in [-0.4, -0.2) is 32.5 Å². The molecule has 3 aromatic heterocycles. The van der Waals surface area contributed by atoms with Crippen LogP contribution in [0.4, 0.5) is 0 Å². The van der Waals surface area contributed by atoms with Crippen molar-refractivity contribution in [2.75, 3.05) is 13.1 Å². The quantitative estimate of drug-likeness (QED) is 0.742. The number of hydrogen-bond donors (Lipinski definition) is 0. The maximum atomic E-state index is 4.76. The lowest BCUT2D eigenvalue weighted by molar-refractivity contribution is 0.307. The number of pyridine rings is 1. The average molecular weight is 322 g/mol. The first kappa shape index (κ1) is 13.5. The molecule has 5 rings (SSSR count). The summed E-state index contributed by atoms with van der Waals surface area (Å²) in [6.45, 7) is 4.47. The fourth-order valence-corrected chi connectivity index (χ4v) is 4.72. The Balaban J connectivity index is 1.39. The summed E-state index contributed by atoms with van der Waals surface area (Å²) in [5.41, 5.74) is 3.82. The van der Waals surface area contributed by atoms with Crippen molar-refractivity contribution in [2.24, 2.45) is 5.92 Å². The summed E-state index contributed by atoms with van der Waals surface area (Å²) in [6, 6.07) is 6.35. The first-order valence-electron chi connectivity index (χ1n) is 8.08. The van der Waals surface area contributed by atoms with Crippen LogP contribution < -0.4 is 0 Å². The second-order valence-corrected chi connectivity index (χ2v) is 7.33. The van der Waals surface area contributed by atoms with Crippen molar-refractivity contribution in [1.82, 2.24) is 19.4 Å². The number of thiophene rings is 1. The second kappa shape index (κ2) is 5.28. The summed E-state index contributed by atoms with van der Waals surface area (Å²) in [5, 5.41) is 4.43. The number of aromatic nitrogens is 3. The molecule has 1 fully saturated rings. The summed E-state index contributed by atoms with van der Waals surface area (Å²) in [7, 11) is 0. The van der Waals surface area contributed by atoms with Crippen LogP contribution in [-0.2, 0) is 13.1 Å². The largest absolute Gasteiger partial charge is 0.327 e. The number of fused-ring (bicyclic) bond motifs is 3. The van der Waals surface area contributed by atoms with Crippen LogP contribution in [0.3, 0.4) is 0 Å². The van der Waals surface area contributed by atoms with Gasteiger partial charge in [-0.25, -0.2) is 4.98 Å². The van der Waals surface area contributed by atoms with Crippen molar-refractivity contribution in [3.63, 3.8) is 0 Å². The molecule has 0 amide bonds. The van der Waals surface area contributed by atoms with E-state index in [9.17, 15) is 0 Å². The minimum Gasteiger partial charge on any atom is -0.327 e. The van der Waals surface area contributed by atoms with Crippen LogP contribution >= 0.6 is 11.3 Å². The highest BCUT2D eigenvalue weighted by molar-refractivity contribution is 7.07. The van der Waals surface area contributed by atoms with Gasteiger partial charge in [0.1, 0.15) is 5.82 Å². The Morgan fingerprint density at radius 2 is 2.17 bits per heavy atom. The molecule has 3 aromatic rings. The van der Waals surface area contributed by atoms with Crippen LogP contribution in [0.5, 0.6) is 0 Å². The van der Waals surface area contributed by atoms with E-state index in [2.05, 4.69) is 37.3 Å². The van der Waals surface area contributed by atoms with E-state index in [1.807, 2.05) is 24.7 Å². The number of rotatable bonds is 3. The number of imidazole rings is 1.